The molecule has 1 aromatic rings. The van der Waals surface area contributed by atoms with E-state index in [0.29, 0.717) is 0 Å². The van der Waals surface area contributed by atoms with Crippen LogP contribution in [0.2, 0.25) is 0 Å². The average Bonchev–Trinajstić information content (AvgIpc) is 3.35. The molecule has 0 radical (unpaired) electrons. The number of ether oxygens (including phenoxy) is 3. The summed E-state index contributed by atoms with van der Waals surface area (Å²) in [5.74, 6) is 0.636. The molecule has 2 fully saturated rings. The fourth-order valence-electron chi connectivity index (χ4n) is 3.24. The summed E-state index contributed by atoms with van der Waals surface area (Å²) in [6.07, 6.45) is 5.94. The summed E-state index contributed by atoms with van der Waals surface area (Å²) in [5.41, 5.74) is 2.24. The summed E-state index contributed by atoms with van der Waals surface area (Å²) < 4.78 is 16.5. The summed E-state index contributed by atoms with van der Waals surface area (Å²) in [4.78, 5) is 12.2. The van der Waals surface area contributed by atoms with Gasteiger partial charge in [0, 0.05) is 0 Å². The number of carbonyl (C=O) groups is 1. The number of carbonyl (C=O) groups excluding carboxylic acids is 1. The second-order valence-electron chi connectivity index (χ2n) is 6.09. The van der Waals surface area contributed by atoms with E-state index in [2.05, 4.69) is 6.92 Å². The number of aryl methyl sites for hydroxylation is 1. The Bertz CT molecular complexity index is 534. The summed E-state index contributed by atoms with van der Waals surface area (Å²) in [6, 6.07) is 5.93. The number of esters is 1. The van der Waals surface area contributed by atoms with Gasteiger partial charge in [0.1, 0.15) is 18.0 Å². The SMILES string of the molecule is CCc1cc(OC)ccc1C1OC1C(=O)OC1CCCCC1. The largest absolute Gasteiger partial charge is 0.497 e. The van der Waals surface area contributed by atoms with Gasteiger partial charge in [-0.05, 0) is 55.4 Å². The molecule has 3 rings (SSSR count). The van der Waals surface area contributed by atoms with Crippen LogP contribution in [0.25, 0.3) is 0 Å². The molecule has 1 saturated heterocycles. The van der Waals surface area contributed by atoms with E-state index in [-0.39, 0.29) is 18.2 Å². The van der Waals surface area contributed by atoms with Crippen molar-refractivity contribution in [3.8, 4) is 5.75 Å². The molecule has 1 aromatic carbocycles. The second kappa shape index (κ2) is 6.69. The molecule has 22 heavy (non-hydrogen) atoms. The molecular formula is C18H24O4. The predicted octanol–water partition coefficient (Wildman–Crippen LogP) is 3.57. The average molecular weight is 304 g/mol. The molecule has 0 spiro atoms. The molecule has 0 bridgehead atoms. The molecule has 1 heterocycles. The highest BCUT2D eigenvalue weighted by Crippen LogP contribution is 2.42. The number of hydrogen-bond donors (Lipinski definition) is 0. The minimum atomic E-state index is -0.430. The standard InChI is InChI=1S/C18H24O4/c1-3-12-11-14(20-2)9-10-15(12)16-17(22-16)18(19)21-13-7-5-4-6-8-13/h9-11,13,16-17H,3-8H2,1-2H3. The highest BCUT2D eigenvalue weighted by molar-refractivity contribution is 5.78. The second-order valence-corrected chi connectivity index (χ2v) is 6.09. The van der Waals surface area contributed by atoms with Gasteiger partial charge in [-0.25, -0.2) is 4.79 Å². The monoisotopic (exact) mass is 304 g/mol. The van der Waals surface area contributed by atoms with E-state index >= 15 is 0 Å². The maximum atomic E-state index is 12.2. The van der Waals surface area contributed by atoms with Crippen molar-refractivity contribution in [2.75, 3.05) is 7.11 Å². The van der Waals surface area contributed by atoms with Gasteiger partial charge in [-0.15, -0.1) is 0 Å². The number of epoxide rings is 1. The topological polar surface area (TPSA) is 48.1 Å². The van der Waals surface area contributed by atoms with Crippen LogP contribution in [0.1, 0.15) is 56.3 Å². The van der Waals surface area contributed by atoms with Crippen LogP contribution in [0.15, 0.2) is 18.2 Å². The summed E-state index contributed by atoms with van der Waals surface area (Å²) in [6.45, 7) is 2.09. The van der Waals surface area contributed by atoms with Gasteiger partial charge in [-0.3, -0.25) is 0 Å². The number of hydrogen-bond acceptors (Lipinski definition) is 4. The quantitative estimate of drug-likeness (QED) is 0.616. The third kappa shape index (κ3) is 3.27. The van der Waals surface area contributed by atoms with Crippen LogP contribution in [0.3, 0.4) is 0 Å². The van der Waals surface area contributed by atoms with Gasteiger partial charge in [0.2, 0.25) is 0 Å². The van der Waals surface area contributed by atoms with Crippen molar-refractivity contribution in [1.82, 2.24) is 0 Å². The van der Waals surface area contributed by atoms with Crippen molar-refractivity contribution < 1.29 is 19.0 Å². The summed E-state index contributed by atoms with van der Waals surface area (Å²) in [7, 11) is 1.66. The van der Waals surface area contributed by atoms with Crippen molar-refractivity contribution in [1.29, 1.82) is 0 Å². The molecular weight excluding hydrogens is 280 g/mol. The lowest BCUT2D eigenvalue weighted by Gasteiger charge is -2.21. The Labute approximate surface area is 131 Å². The first-order chi connectivity index (χ1) is 10.7. The van der Waals surface area contributed by atoms with E-state index in [9.17, 15) is 4.79 Å². The van der Waals surface area contributed by atoms with Crippen LogP contribution in [-0.2, 0) is 20.7 Å². The summed E-state index contributed by atoms with van der Waals surface area (Å²) >= 11 is 0. The lowest BCUT2D eigenvalue weighted by atomic mass is 9.97. The highest BCUT2D eigenvalue weighted by Gasteiger charge is 2.48. The van der Waals surface area contributed by atoms with Crippen LogP contribution >= 0.6 is 0 Å². The van der Waals surface area contributed by atoms with Crippen molar-refractivity contribution in [2.24, 2.45) is 0 Å². The number of methoxy groups -OCH3 is 1. The van der Waals surface area contributed by atoms with E-state index in [1.54, 1.807) is 7.11 Å². The van der Waals surface area contributed by atoms with E-state index in [1.807, 2.05) is 18.2 Å². The Morgan fingerprint density at radius 1 is 1.27 bits per heavy atom. The van der Waals surface area contributed by atoms with Crippen LogP contribution in [0.4, 0.5) is 0 Å². The van der Waals surface area contributed by atoms with Crippen LogP contribution < -0.4 is 4.74 Å². The molecule has 0 N–H and O–H groups in total. The van der Waals surface area contributed by atoms with Gasteiger partial charge in [0.25, 0.3) is 0 Å². The predicted molar refractivity (Wildman–Crippen MR) is 83.0 cm³/mol. The van der Waals surface area contributed by atoms with Gasteiger partial charge < -0.3 is 14.2 Å². The Morgan fingerprint density at radius 2 is 2.05 bits per heavy atom. The Morgan fingerprint density at radius 3 is 2.73 bits per heavy atom. The lowest BCUT2D eigenvalue weighted by molar-refractivity contribution is -0.152. The fourth-order valence-corrected chi connectivity index (χ4v) is 3.24. The minimum Gasteiger partial charge on any atom is -0.497 e. The van der Waals surface area contributed by atoms with E-state index < -0.39 is 6.10 Å². The Kier molecular flexibility index (Phi) is 4.67. The molecule has 4 heteroatoms. The maximum absolute atomic E-state index is 12.2. The molecule has 2 unspecified atom stereocenters. The van der Waals surface area contributed by atoms with E-state index in [1.165, 1.54) is 6.42 Å². The number of rotatable bonds is 5. The fraction of sp³-hybridized carbons (Fsp3) is 0.611. The van der Waals surface area contributed by atoms with Gasteiger partial charge in [-0.1, -0.05) is 19.4 Å². The zero-order valence-corrected chi connectivity index (χ0v) is 13.3. The normalized spacial score (nSPS) is 24.8. The van der Waals surface area contributed by atoms with Crippen LogP contribution in [0, 0.1) is 0 Å². The molecule has 0 aromatic heterocycles. The molecule has 1 aliphatic carbocycles. The maximum Gasteiger partial charge on any atom is 0.338 e. The third-order valence-corrected chi connectivity index (χ3v) is 4.60. The van der Waals surface area contributed by atoms with Crippen molar-refractivity contribution in [3.63, 3.8) is 0 Å². The number of benzene rings is 1. The molecule has 1 saturated carbocycles. The smallest absolute Gasteiger partial charge is 0.338 e. The lowest BCUT2D eigenvalue weighted by Crippen LogP contribution is -2.24. The molecule has 2 atom stereocenters. The molecule has 0 amide bonds. The van der Waals surface area contributed by atoms with E-state index in [4.69, 9.17) is 14.2 Å². The summed E-state index contributed by atoms with van der Waals surface area (Å²) in [5, 5.41) is 0. The molecule has 4 nitrogen and oxygen atoms in total. The van der Waals surface area contributed by atoms with Crippen LogP contribution in [-0.4, -0.2) is 25.3 Å². The van der Waals surface area contributed by atoms with Crippen molar-refractivity contribution >= 4 is 5.97 Å². The van der Waals surface area contributed by atoms with Gasteiger partial charge in [0.15, 0.2) is 6.10 Å². The van der Waals surface area contributed by atoms with Crippen molar-refractivity contribution in [2.45, 2.75) is 63.8 Å². The van der Waals surface area contributed by atoms with E-state index in [0.717, 1.165) is 49.0 Å². The Balaban J connectivity index is 1.62. The molecule has 2 aliphatic rings. The third-order valence-electron chi connectivity index (χ3n) is 4.60. The van der Waals surface area contributed by atoms with Crippen molar-refractivity contribution in [3.05, 3.63) is 29.3 Å². The first-order valence-corrected chi connectivity index (χ1v) is 8.25. The zero-order chi connectivity index (χ0) is 15.5. The first kappa shape index (κ1) is 15.3. The van der Waals surface area contributed by atoms with Gasteiger partial charge in [-0.2, -0.15) is 0 Å². The first-order valence-electron chi connectivity index (χ1n) is 8.25. The van der Waals surface area contributed by atoms with Crippen LogP contribution in [0.5, 0.6) is 5.75 Å². The molecule has 120 valence electrons. The zero-order valence-electron chi connectivity index (χ0n) is 13.3. The highest BCUT2D eigenvalue weighted by atomic mass is 16.6. The van der Waals surface area contributed by atoms with Gasteiger partial charge >= 0.3 is 5.97 Å². The minimum absolute atomic E-state index is 0.0904. The Hall–Kier alpha value is -1.55. The van der Waals surface area contributed by atoms with Gasteiger partial charge in [0.05, 0.1) is 7.11 Å². The molecule has 1 aliphatic heterocycles.